The minimum atomic E-state index is -0.450. The van der Waals surface area contributed by atoms with Crippen LogP contribution in [-0.4, -0.2) is 42.5 Å². The summed E-state index contributed by atoms with van der Waals surface area (Å²) in [5.41, 5.74) is 1.71. The van der Waals surface area contributed by atoms with Crippen molar-refractivity contribution in [1.82, 2.24) is 4.90 Å². The van der Waals surface area contributed by atoms with Gasteiger partial charge in [-0.05, 0) is 54.6 Å². The Morgan fingerprint density at radius 2 is 1.81 bits per heavy atom. The average Bonchev–Trinajstić information content (AvgIpc) is 3.31. The summed E-state index contributed by atoms with van der Waals surface area (Å²) in [7, 11) is 3.33. The van der Waals surface area contributed by atoms with Crippen molar-refractivity contribution in [3.63, 3.8) is 0 Å². The van der Waals surface area contributed by atoms with Crippen molar-refractivity contribution in [2.75, 3.05) is 25.6 Å². The van der Waals surface area contributed by atoms with Gasteiger partial charge in [0.25, 0.3) is 5.69 Å². The van der Waals surface area contributed by atoms with Gasteiger partial charge in [-0.2, -0.15) is 0 Å². The van der Waals surface area contributed by atoms with E-state index in [4.69, 9.17) is 4.74 Å². The molecule has 1 amide bonds. The molecule has 0 aliphatic heterocycles. The Morgan fingerprint density at radius 3 is 2.38 bits per heavy atom. The number of nitrogens with zero attached hydrogens (tertiary/aromatic N) is 3. The van der Waals surface area contributed by atoms with E-state index >= 15 is 0 Å². The molecule has 3 aromatic rings. The van der Waals surface area contributed by atoms with Crippen LogP contribution in [0, 0.1) is 10.1 Å². The fourth-order valence-corrected chi connectivity index (χ4v) is 4.23. The predicted octanol–water partition coefficient (Wildman–Crippen LogP) is 4.76. The zero-order valence-electron chi connectivity index (χ0n) is 18.4. The number of non-ortho nitro benzene ring substituents is 1. The van der Waals surface area contributed by atoms with Crippen LogP contribution in [0.4, 0.5) is 11.4 Å². The molecule has 32 heavy (non-hydrogen) atoms. The van der Waals surface area contributed by atoms with E-state index in [2.05, 4.69) is 23.3 Å². The smallest absolute Gasteiger partial charge is 0.269 e. The van der Waals surface area contributed by atoms with Gasteiger partial charge in [0.1, 0.15) is 5.75 Å². The number of likely N-dealkylation sites (N-methyl/N-ethyl adjacent to an activating group) is 1. The van der Waals surface area contributed by atoms with E-state index < -0.39 is 4.92 Å². The van der Waals surface area contributed by atoms with Crippen LogP contribution in [-0.2, 0) is 17.8 Å². The summed E-state index contributed by atoms with van der Waals surface area (Å²) in [6.07, 6.45) is 0.850. The minimum absolute atomic E-state index is 0.000279. The zero-order valence-corrected chi connectivity index (χ0v) is 19.2. The van der Waals surface area contributed by atoms with Gasteiger partial charge in [0, 0.05) is 42.3 Å². The number of hydrogen-bond donors (Lipinski definition) is 0. The maximum atomic E-state index is 13.1. The Balaban J connectivity index is 1.74. The second kappa shape index (κ2) is 10.9. The number of rotatable bonds is 10. The van der Waals surface area contributed by atoms with Crippen LogP contribution in [0.5, 0.6) is 5.75 Å². The topological polar surface area (TPSA) is 75.9 Å². The molecule has 0 aliphatic rings. The van der Waals surface area contributed by atoms with Crippen molar-refractivity contribution >= 4 is 28.6 Å². The lowest BCUT2D eigenvalue weighted by Gasteiger charge is -2.30. The van der Waals surface area contributed by atoms with E-state index in [0.29, 0.717) is 12.2 Å². The number of carbonyl (C=O) groups is 1. The zero-order chi connectivity index (χ0) is 23.1. The van der Waals surface area contributed by atoms with Crippen molar-refractivity contribution in [3.8, 4) is 5.75 Å². The van der Waals surface area contributed by atoms with Gasteiger partial charge in [-0.25, -0.2) is 0 Å². The molecule has 3 rings (SSSR count). The maximum Gasteiger partial charge on any atom is 0.269 e. The van der Waals surface area contributed by atoms with Gasteiger partial charge in [0.15, 0.2) is 0 Å². The van der Waals surface area contributed by atoms with Crippen molar-refractivity contribution in [3.05, 3.63) is 86.6 Å². The van der Waals surface area contributed by atoms with Gasteiger partial charge in [0.2, 0.25) is 5.91 Å². The molecule has 0 spiro atoms. The molecule has 0 saturated heterocycles. The number of nitro groups is 1. The number of thiophene rings is 1. The molecule has 1 aromatic heterocycles. The highest BCUT2D eigenvalue weighted by Crippen LogP contribution is 2.21. The SMILES string of the molecule is COc1ccc(CN(CC(=O)N(C)c2ccc([N+](=O)[O-])cc2)C(C)Cc2cccs2)cc1. The predicted molar refractivity (Wildman–Crippen MR) is 127 cm³/mol. The Hall–Kier alpha value is -3.23. The number of benzene rings is 2. The molecule has 0 N–H and O–H groups in total. The van der Waals surface area contributed by atoms with Crippen LogP contribution in [0.1, 0.15) is 17.4 Å². The molecule has 0 aliphatic carbocycles. The first-order valence-electron chi connectivity index (χ1n) is 10.3. The van der Waals surface area contributed by atoms with Crippen LogP contribution in [0.3, 0.4) is 0 Å². The number of nitro benzene ring substituents is 1. The number of hydrogen-bond acceptors (Lipinski definition) is 6. The molecule has 1 heterocycles. The van der Waals surface area contributed by atoms with Gasteiger partial charge in [0.05, 0.1) is 18.6 Å². The number of anilines is 1. The highest BCUT2D eigenvalue weighted by molar-refractivity contribution is 7.09. The largest absolute Gasteiger partial charge is 0.497 e. The summed E-state index contributed by atoms with van der Waals surface area (Å²) in [4.78, 5) is 28.5. The first kappa shape index (κ1) is 23.4. The second-order valence-corrected chi connectivity index (χ2v) is 8.64. The molecule has 1 unspecified atom stereocenters. The van der Waals surface area contributed by atoms with E-state index in [-0.39, 0.29) is 24.2 Å². The van der Waals surface area contributed by atoms with Crippen LogP contribution in [0.2, 0.25) is 0 Å². The van der Waals surface area contributed by atoms with Gasteiger partial charge >= 0.3 is 0 Å². The van der Waals surface area contributed by atoms with E-state index in [1.807, 2.05) is 30.3 Å². The summed E-state index contributed by atoms with van der Waals surface area (Å²) in [5.74, 6) is 0.714. The number of methoxy groups -OCH3 is 1. The molecule has 8 heteroatoms. The molecular weight excluding hydrogens is 426 g/mol. The van der Waals surface area contributed by atoms with E-state index in [9.17, 15) is 14.9 Å². The van der Waals surface area contributed by atoms with Gasteiger partial charge in [-0.15, -0.1) is 11.3 Å². The van der Waals surface area contributed by atoms with Gasteiger partial charge in [-0.3, -0.25) is 19.8 Å². The monoisotopic (exact) mass is 453 g/mol. The lowest BCUT2D eigenvalue weighted by Crippen LogP contribution is -2.43. The Kier molecular flexibility index (Phi) is 7.97. The summed E-state index contributed by atoms with van der Waals surface area (Å²) in [5, 5.41) is 13.0. The van der Waals surface area contributed by atoms with E-state index in [1.54, 1.807) is 42.5 Å². The average molecular weight is 454 g/mol. The normalized spacial score (nSPS) is 11.9. The first-order chi connectivity index (χ1) is 15.4. The fraction of sp³-hybridized carbons (Fsp3) is 0.292. The third-order valence-corrected chi connectivity index (χ3v) is 6.30. The molecule has 0 fully saturated rings. The highest BCUT2D eigenvalue weighted by atomic mass is 32.1. The number of ether oxygens (including phenoxy) is 1. The quantitative estimate of drug-likeness (QED) is 0.327. The molecule has 1 atom stereocenters. The lowest BCUT2D eigenvalue weighted by molar-refractivity contribution is -0.384. The summed E-state index contributed by atoms with van der Waals surface area (Å²) < 4.78 is 5.24. The van der Waals surface area contributed by atoms with E-state index in [1.165, 1.54) is 17.0 Å². The van der Waals surface area contributed by atoms with Crippen LogP contribution in [0.15, 0.2) is 66.0 Å². The highest BCUT2D eigenvalue weighted by Gasteiger charge is 2.22. The molecule has 0 radical (unpaired) electrons. The van der Waals surface area contributed by atoms with Crippen LogP contribution < -0.4 is 9.64 Å². The molecule has 2 aromatic carbocycles. The minimum Gasteiger partial charge on any atom is -0.497 e. The Labute approximate surface area is 192 Å². The van der Waals surface area contributed by atoms with Crippen molar-refractivity contribution in [1.29, 1.82) is 0 Å². The summed E-state index contributed by atoms with van der Waals surface area (Å²) >= 11 is 1.71. The van der Waals surface area contributed by atoms with Crippen LogP contribution >= 0.6 is 11.3 Å². The number of carbonyl (C=O) groups excluding carboxylic acids is 1. The molecule has 168 valence electrons. The van der Waals surface area contributed by atoms with Gasteiger partial charge in [-0.1, -0.05) is 18.2 Å². The molecular formula is C24H27N3O4S. The fourth-order valence-electron chi connectivity index (χ4n) is 3.40. The maximum absolute atomic E-state index is 13.1. The second-order valence-electron chi connectivity index (χ2n) is 7.61. The standard InChI is InChI=1S/C24H27N3O4S/c1-18(15-23-5-4-14-32-23)26(16-19-6-12-22(31-3)13-7-19)17-24(28)25(2)20-8-10-21(11-9-20)27(29)30/h4-14,18H,15-17H2,1-3H3. The third kappa shape index (κ3) is 6.15. The molecule has 0 saturated carbocycles. The molecule has 7 nitrogen and oxygen atoms in total. The lowest BCUT2D eigenvalue weighted by atomic mass is 10.1. The first-order valence-corrected chi connectivity index (χ1v) is 11.2. The summed E-state index contributed by atoms with van der Waals surface area (Å²) in [6, 6.07) is 18.2. The van der Waals surface area contributed by atoms with Crippen molar-refractivity contribution < 1.29 is 14.5 Å². The number of amides is 1. The van der Waals surface area contributed by atoms with E-state index in [0.717, 1.165) is 17.7 Å². The van der Waals surface area contributed by atoms with Gasteiger partial charge < -0.3 is 9.64 Å². The molecule has 0 bridgehead atoms. The van der Waals surface area contributed by atoms with Crippen molar-refractivity contribution in [2.24, 2.45) is 0 Å². The summed E-state index contributed by atoms with van der Waals surface area (Å²) in [6.45, 7) is 2.98. The third-order valence-electron chi connectivity index (χ3n) is 5.41. The Morgan fingerprint density at radius 1 is 1.12 bits per heavy atom. The van der Waals surface area contributed by atoms with Crippen molar-refractivity contribution in [2.45, 2.75) is 25.9 Å². The van der Waals surface area contributed by atoms with Crippen LogP contribution in [0.25, 0.3) is 0 Å². The Bertz CT molecular complexity index is 1020.